The molecule has 1 atom stereocenters. The fraction of sp³-hybridized carbons (Fsp3) is 0.250. The highest BCUT2D eigenvalue weighted by Crippen LogP contribution is 2.45. The molecule has 8 nitrogen and oxygen atoms in total. The minimum absolute atomic E-state index is 0.0581. The number of hydrogen-bond acceptors (Lipinski definition) is 9. The van der Waals surface area contributed by atoms with E-state index in [2.05, 4.69) is 17.1 Å². The van der Waals surface area contributed by atoms with E-state index in [1.54, 1.807) is 60.7 Å². The second-order valence-electron chi connectivity index (χ2n) is 9.88. The number of rotatable bonds is 12. The zero-order valence-corrected chi connectivity index (χ0v) is 27.1. The molecule has 5 rings (SSSR count). The lowest BCUT2D eigenvalue weighted by molar-refractivity contribution is -0.132. The van der Waals surface area contributed by atoms with E-state index in [4.69, 9.17) is 32.7 Å². The molecule has 0 aliphatic carbocycles. The van der Waals surface area contributed by atoms with Gasteiger partial charge >= 0.3 is 5.91 Å². The van der Waals surface area contributed by atoms with Crippen LogP contribution in [0.1, 0.15) is 48.9 Å². The maximum Gasteiger partial charge on any atom is 0.301 e. The third kappa shape index (κ3) is 6.89. The molecule has 1 N–H and O–H groups in total. The van der Waals surface area contributed by atoms with Crippen LogP contribution in [0.15, 0.2) is 76.6 Å². The molecule has 0 saturated carbocycles. The van der Waals surface area contributed by atoms with Gasteiger partial charge in [-0.25, -0.2) is 0 Å². The van der Waals surface area contributed by atoms with Crippen LogP contribution in [0.2, 0.25) is 10.0 Å². The molecule has 228 valence electrons. The zero-order chi connectivity index (χ0) is 31.2. The molecule has 0 spiro atoms. The van der Waals surface area contributed by atoms with Gasteiger partial charge in [0.2, 0.25) is 5.13 Å². The topological polar surface area (TPSA) is 102 Å². The number of unbranched alkanes of at least 4 members (excludes halogenated alkanes) is 2. The first-order valence-electron chi connectivity index (χ1n) is 13.9. The number of aromatic nitrogens is 2. The van der Waals surface area contributed by atoms with Crippen LogP contribution in [0.4, 0.5) is 5.13 Å². The van der Waals surface area contributed by atoms with Gasteiger partial charge in [-0.05, 0) is 41.8 Å². The number of anilines is 1. The molecule has 3 aromatic carbocycles. The van der Waals surface area contributed by atoms with Crippen molar-refractivity contribution in [2.45, 2.75) is 42.3 Å². The highest BCUT2D eigenvalue weighted by molar-refractivity contribution is 8.00. The number of aliphatic hydroxyl groups excluding tert-OH is 1. The number of Topliss-reactive ketones (excluding diaryl/α,β-unsaturated/α-hetero) is 1. The minimum atomic E-state index is -0.991. The molecular formula is C32H29Cl2N3O5S2. The van der Waals surface area contributed by atoms with Crippen LogP contribution < -0.4 is 14.4 Å². The van der Waals surface area contributed by atoms with Crippen molar-refractivity contribution >= 4 is 68.9 Å². The molecule has 1 fully saturated rings. The van der Waals surface area contributed by atoms with Crippen molar-refractivity contribution in [3.63, 3.8) is 0 Å². The van der Waals surface area contributed by atoms with Crippen molar-refractivity contribution in [2.75, 3.05) is 18.6 Å². The van der Waals surface area contributed by atoms with Crippen LogP contribution in [0.3, 0.4) is 0 Å². The average molecular weight is 671 g/mol. The van der Waals surface area contributed by atoms with Crippen molar-refractivity contribution in [3.05, 3.63) is 99.0 Å². The second kappa shape index (κ2) is 14.5. The van der Waals surface area contributed by atoms with Crippen molar-refractivity contribution < 1.29 is 24.2 Å². The van der Waals surface area contributed by atoms with Crippen molar-refractivity contribution in [1.82, 2.24) is 10.2 Å². The lowest BCUT2D eigenvalue weighted by atomic mass is 9.95. The lowest BCUT2D eigenvalue weighted by Crippen LogP contribution is -2.29. The summed E-state index contributed by atoms with van der Waals surface area (Å²) in [5.41, 5.74) is 1.76. The molecular weight excluding hydrogens is 641 g/mol. The number of thioether (sulfide) groups is 1. The first-order valence-corrected chi connectivity index (χ1v) is 16.5. The van der Waals surface area contributed by atoms with Gasteiger partial charge in [0.25, 0.3) is 5.78 Å². The Morgan fingerprint density at radius 2 is 1.82 bits per heavy atom. The van der Waals surface area contributed by atoms with Crippen LogP contribution in [-0.4, -0.2) is 40.7 Å². The third-order valence-corrected chi connectivity index (χ3v) is 9.66. The highest BCUT2D eigenvalue weighted by atomic mass is 35.5. The normalized spacial score (nSPS) is 16.0. The number of halogens is 2. The molecule has 44 heavy (non-hydrogen) atoms. The van der Waals surface area contributed by atoms with Gasteiger partial charge in [-0.2, -0.15) is 0 Å². The molecule has 4 aromatic rings. The fourth-order valence-corrected chi connectivity index (χ4v) is 7.17. The average Bonchev–Trinajstić information content (AvgIpc) is 3.60. The van der Waals surface area contributed by atoms with Crippen molar-refractivity contribution in [2.24, 2.45) is 0 Å². The van der Waals surface area contributed by atoms with Crippen molar-refractivity contribution in [3.8, 4) is 11.5 Å². The number of nitrogens with zero attached hydrogens (tertiary/aromatic N) is 3. The summed E-state index contributed by atoms with van der Waals surface area (Å²) in [6, 6.07) is 18.2. The van der Waals surface area contributed by atoms with Gasteiger partial charge < -0.3 is 14.6 Å². The standard InChI is InChI=1S/C32H29Cl2N3O5S2/c1-3-4-8-15-42-24-14-12-20(16-25(24)41-2)27-26(28(38)19-9-6-5-7-10-19)29(39)30(40)37(27)31-35-36-32(44-31)43-18-21-11-13-22(33)17-23(21)34/h5-7,9-14,16-17,27,38H,3-4,8,15,18H2,1-2H3/b28-26-. The molecule has 2 heterocycles. The Hall–Kier alpha value is -3.57. The van der Waals surface area contributed by atoms with E-state index in [0.29, 0.717) is 49.4 Å². The first kappa shape index (κ1) is 31.8. The number of benzene rings is 3. The molecule has 1 aromatic heterocycles. The maximum atomic E-state index is 13.6. The number of ketones is 1. The summed E-state index contributed by atoms with van der Waals surface area (Å²) >= 11 is 14.9. The molecule has 1 aliphatic heterocycles. The number of amides is 1. The van der Waals surface area contributed by atoms with E-state index < -0.39 is 17.7 Å². The quantitative estimate of drug-likeness (QED) is 0.0401. The summed E-state index contributed by atoms with van der Waals surface area (Å²) in [5, 5.41) is 21.2. The second-order valence-corrected chi connectivity index (χ2v) is 12.9. The molecule has 1 unspecified atom stereocenters. The van der Waals surface area contributed by atoms with Crippen LogP contribution in [-0.2, 0) is 15.3 Å². The van der Waals surface area contributed by atoms with Gasteiger partial charge in [0, 0.05) is 21.4 Å². The monoisotopic (exact) mass is 669 g/mol. The first-order chi connectivity index (χ1) is 21.3. The Labute approximate surface area is 273 Å². The van der Waals surface area contributed by atoms with Gasteiger partial charge in [0.05, 0.1) is 25.3 Å². The summed E-state index contributed by atoms with van der Waals surface area (Å²) in [4.78, 5) is 28.4. The van der Waals surface area contributed by atoms with Crippen LogP contribution in [0.25, 0.3) is 5.76 Å². The van der Waals surface area contributed by atoms with Gasteiger partial charge in [0.15, 0.2) is 15.8 Å². The van der Waals surface area contributed by atoms with E-state index in [-0.39, 0.29) is 16.5 Å². The molecule has 1 saturated heterocycles. The van der Waals surface area contributed by atoms with Crippen LogP contribution in [0.5, 0.6) is 11.5 Å². The van der Waals surface area contributed by atoms with Gasteiger partial charge in [0.1, 0.15) is 5.76 Å². The van der Waals surface area contributed by atoms with E-state index in [1.165, 1.54) is 35.1 Å². The Morgan fingerprint density at radius 3 is 2.55 bits per heavy atom. The minimum Gasteiger partial charge on any atom is -0.507 e. The Bertz CT molecular complexity index is 1700. The maximum absolute atomic E-state index is 13.6. The largest absolute Gasteiger partial charge is 0.507 e. The number of aliphatic hydroxyl groups is 1. The number of methoxy groups -OCH3 is 1. The van der Waals surface area contributed by atoms with E-state index >= 15 is 0 Å². The highest BCUT2D eigenvalue weighted by Gasteiger charge is 2.48. The van der Waals surface area contributed by atoms with Crippen LogP contribution in [0, 0.1) is 0 Å². The molecule has 1 amide bonds. The Morgan fingerprint density at radius 1 is 1.02 bits per heavy atom. The summed E-state index contributed by atoms with van der Waals surface area (Å²) in [6.07, 6.45) is 3.02. The summed E-state index contributed by atoms with van der Waals surface area (Å²) in [6.45, 7) is 2.65. The predicted octanol–water partition coefficient (Wildman–Crippen LogP) is 8.34. The molecule has 1 aliphatic rings. The van der Waals surface area contributed by atoms with Crippen molar-refractivity contribution in [1.29, 1.82) is 0 Å². The van der Waals surface area contributed by atoms with Gasteiger partial charge in [-0.3, -0.25) is 14.5 Å². The van der Waals surface area contributed by atoms with E-state index in [0.717, 1.165) is 24.8 Å². The molecule has 0 bridgehead atoms. The SMILES string of the molecule is CCCCCOc1ccc(C2/C(=C(/O)c3ccccc3)C(=O)C(=O)N2c2nnc(SCc3ccc(Cl)cc3Cl)s2)cc1OC. The number of carbonyl (C=O) groups is 2. The van der Waals surface area contributed by atoms with Crippen LogP contribution >= 0.6 is 46.3 Å². The van der Waals surface area contributed by atoms with Gasteiger partial charge in [-0.1, -0.05) is 109 Å². The third-order valence-electron chi connectivity index (χ3n) is 6.97. The lowest BCUT2D eigenvalue weighted by Gasteiger charge is -2.23. The molecule has 12 heteroatoms. The molecule has 0 radical (unpaired) electrons. The Kier molecular flexibility index (Phi) is 10.5. The Balaban J connectivity index is 1.52. The summed E-state index contributed by atoms with van der Waals surface area (Å²) < 4.78 is 12.2. The number of hydrogen-bond donors (Lipinski definition) is 1. The predicted molar refractivity (Wildman–Crippen MR) is 175 cm³/mol. The van der Waals surface area contributed by atoms with E-state index in [1.807, 2.05) is 6.07 Å². The smallest absolute Gasteiger partial charge is 0.301 e. The number of carbonyl (C=O) groups excluding carboxylic acids is 2. The van der Waals surface area contributed by atoms with E-state index in [9.17, 15) is 14.7 Å². The summed E-state index contributed by atoms with van der Waals surface area (Å²) in [5.74, 6) is -0.447. The fourth-order valence-electron chi connectivity index (χ4n) is 4.74. The van der Waals surface area contributed by atoms with Gasteiger partial charge in [-0.15, -0.1) is 10.2 Å². The summed E-state index contributed by atoms with van der Waals surface area (Å²) in [7, 11) is 1.53. The zero-order valence-electron chi connectivity index (χ0n) is 24.0. The number of ether oxygens (including phenoxy) is 2.